The molecule has 2 aromatic heterocycles. The fourth-order valence-electron chi connectivity index (χ4n) is 5.86. The normalized spacial score (nSPS) is 21.8. The average molecular weight is 574 g/mol. The van der Waals surface area contributed by atoms with Gasteiger partial charge in [-0.3, -0.25) is 4.90 Å². The average Bonchev–Trinajstić information content (AvgIpc) is 3.31. The Morgan fingerprint density at radius 3 is 2.41 bits per heavy atom. The minimum Gasteiger partial charge on any atom is -0.393 e. The van der Waals surface area contributed by atoms with E-state index in [1.165, 1.54) is 5.56 Å². The van der Waals surface area contributed by atoms with Crippen LogP contribution in [0.15, 0.2) is 30.5 Å². The molecule has 0 amide bonds. The minimum atomic E-state index is -4.11. The SMILES string of the molecule is C[C@@H](CCCCC(F)(F)F)Nc1ncc2c(-c3ccc(CN4CCN(C)CC4)cc3)nn(C3CCC(O)CC3)c2n1. The summed E-state index contributed by atoms with van der Waals surface area (Å²) in [6, 6.07) is 8.66. The van der Waals surface area contributed by atoms with Gasteiger partial charge in [0.05, 0.1) is 17.5 Å². The lowest BCUT2D eigenvalue weighted by atomic mass is 9.93. The molecule has 1 atom stereocenters. The number of hydrogen-bond acceptors (Lipinski definition) is 7. The molecule has 1 aromatic carbocycles. The zero-order valence-corrected chi connectivity index (χ0v) is 24.1. The van der Waals surface area contributed by atoms with Crippen LogP contribution >= 0.6 is 0 Å². The van der Waals surface area contributed by atoms with E-state index in [1.807, 2.05) is 11.6 Å². The number of nitrogens with one attached hydrogen (secondary N) is 1. The molecule has 3 aromatic rings. The molecule has 0 radical (unpaired) electrons. The number of alkyl halides is 3. The van der Waals surface area contributed by atoms with Gasteiger partial charge < -0.3 is 15.3 Å². The van der Waals surface area contributed by atoms with Gasteiger partial charge in [0.1, 0.15) is 5.69 Å². The molecule has 0 spiro atoms. The summed E-state index contributed by atoms with van der Waals surface area (Å²) in [4.78, 5) is 14.3. The highest BCUT2D eigenvalue weighted by atomic mass is 19.4. The molecule has 41 heavy (non-hydrogen) atoms. The zero-order valence-electron chi connectivity index (χ0n) is 24.1. The van der Waals surface area contributed by atoms with E-state index in [2.05, 4.69) is 51.4 Å². The third-order valence-corrected chi connectivity index (χ3v) is 8.41. The van der Waals surface area contributed by atoms with E-state index in [0.717, 1.165) is 80.7 Å². The largest absolute Gasteiger partial charge is 0.393 e. The summed E-state index contributed by atoms with van der Waals surface area (Å²) in [5, 5.41) is 19.3. The Bertz CT molecular complexity index is 1260. The van der Waals surface area contributed by atoms with Crippen LogP contribution in [0.4, 0.5) is 19.1 Å². The summed E-state index contributed by atoms with van der Waals surface area (Å²) < 4.78 is 39.4. The van der Waals surface area contributed by atoms with Gasteiger partial charge in [-0.05, 0) is 58.1 Å². The molecule has 2 fully saturated rings. The first-order valence-electron chi connectivity index (χ1n) is 14.9. The minimum absolute atomic E-state index is 0.0609. The Balaban J connectivity index is 1.34. The molecule has 0 unspecified atom stereocenters. The monoisotopic (exact) mass is 573 g/mol. The number of aliphatic hydroxyl groups is 1. The van der Waals surface area contributed by atoms with Gasteiger partial charge in [-0.15, -0.1) is 0 Å². The van der Waals surface area contributed by atoms with Crippen molar-refractivity contribution in [2.24, 2.45) is 0 Å². The highest BCUT2D eigenvalue weighted by Gasteiger charge is 2.27. The van der Waals surface area contributed by atoms with Crippen LogP contribution in [0.3, 0.4) is 0 Å². The lowest BCUT2D eigenvalue weighted by molar-refractivity contribution is -0.135. The predicted octanol–water partition coefficient (Wildman–Crippen LogP) is 5.64. The Labute approximate surface area is 239 Å². The van der Waals surface area contributed by atoms with Crippen molar-refractivity contribution in [1.82, 2.24) is 29.5 Å². The fraction of sp³-hybridized carbons (Fsp3) is 0.633. The Kier molecular flexibility index (Phi) is 9.45. The standard InChI is InChI=1S/C30H42F3N7O/c1-21(5-3-4-14-30(31,32)33)35-29-34-19-26-27(37-40(28(26)36-29)24-10-12-25(41)13-11-24)23-8-6-22(7-9-23)20-39-17-15-38(2)16-18-39/h6-9,19,21,24-25,41H,3-5,10-18,20H2,1-2H3,(H,34,35,36)/t21-,24?,25?/m0/s1. The third kappa shape index (κ3) is 7.96. The predicted molar refractivity (Wildman–Crippen MR) is 155 cm³/mol. The van der Waals surface area contributed by atoms with Gasteiger partial charge in [-0.25, -0.2) is 9.67 Å². The second kappa shape index (κ2) is 13.0. The summed E-state index contributed by atoms with van der Waals surface area (Å²) in [6.07, 6.45) is 0.969. The van der Waals surface area contributed by atoms with Crippen molar-refractivity contribution in [3.05, 3.63) is 36.0 Å². The van der Waals surface area contributed by atoms with Gasteiger partial charge in [0.2, 0.25) is 5.95 Å². The summed E-state index contributed by atoms with van der Waals surface area (Å²) >= 11 is 0. The van der Waals surface area contributed by atoms with Gasteiger partial charge in [0, 0.05) is 56.9 Å². The molecule has 5 rings (SSSR count). The molecule has 3 heterocycles. The van der Waals surface area contributed by atoms with E-state index in [9.17, 15) is 18.3 Å². The van der Waals surface area contributed by atoms with Crippen molar-refractivity contribution >= 4 is 17.0 Å². The number of benzene rings is 1. The molecule has 2 N–H and O–H groups in total. The summed E-state index contributed by atoms with van der Waals surface area (Å²) in [7, 11) is 2.16. The highest BCUT2D eigenvalue weighted by Crippen LogP contribution is 2.35. The van der Waals surface area contributed by atoms with Crippen molar-refractivity contribution < 1.29 is 18.3 Å². The van der Waals surface area contributed by atoms with Gasteiger partial charge in [-0.2, -0.15) is 23.3 Å². The number of fused-ring (bicyclic) bond motifs is 1. The molecule has 224 valence electrons. The summed E-state index contributed by atoms with van der Waals surface area (Å²) in [5.41, 5.74) is 3.86. The Morgan fingerprint density at radius 1 is 1.02 bits per heavy atom. The number of nitrogens with zero attached hydrogens (tertiary/aromatic N) is 6. The van der Waals surface area contributed by atoms with Crippen LogP contribution in [0.5, 0.6) is 0 Å². The van der Waals surface area contributed by atoms with Crippen LogP contribution in [-0.2, 0) is 6.54 Å². The van der Waals surface area contributed by atoms with Gasteiger partial charge >= 0.3 is 6.18 Å². The molecule has 8 nitrogen and oxygen atoms in total. The molecule has 2 aliphatic rings. The maximum Gasteiger partial charge on any atom is 0.389 e. The van der Waals surface area contributed by atoms with Gasteiger partial charge in [0.25, 0.3) is 0 Å². The fourth-order valence-corrected chi connectivity index (χ4v) is 5.86. The number of unbranched alkanes of at least 4 members (excludes halogenated alkanes) is 1. The van der Waals surface area contributed by atoms with Crippen molar-refractivity contribution in [1.29, 1.82) is 0 Å². The Morgan fingerprint density at radius 2 is 1.73 bits per heavy atom. The van der Waals surface area contributed by atoms with Crippen LogP contribution in [0.1, 0.15) is 69.9 Å². The van der Waals surface area contributed by atoms with E-state index in [4.69, 9.17) is 10.1 Å². The molecular formula is C30H42F3N7O. The van der Waals surface area contributed by atoms with E-state index in [1.54, 1.807) is 6.20 Å². The van der Waals surface area contributed by atoms with Crippen molar-refractivity contribution in [3.8, 4) is 11.3 Å². The van der Waals surface area contributed by atoms with Crippen LogP contribution in [0, 0.1) is 0 Å². The van der Waals surface area contributed by atoms with E-state index in [-0.39, 0.29) is 24.6 Å². The molecule has 1 aliphatic heterocycles. The number of aliphatic hydroxyl groups excluding tert-OH is 1. The lowest BCUT2D eigenvalue weighted by Crippen LogP contribution is -2.43. The molecule has 1 saturated heterocycles. The molecular weight excluding hydrogens is 531 g/mol. The maximum atomic E-state index is 12.5. The van der Waals surface area contributed by atoms with Crippen molar-refractivity contribution in [2.75, 3.05) is 38.5 Å². The smallest absolute Gasteiger partial charge is 0.389 e. The quantitative estimate of drug-likeness (QED) is 0.304. The molecule has 11 heteroatoms. The number of aromatic nitrogens is 4. The summed E-state index contributed by atoms with van der Waals surface area (Å²) in [6.45, 7) is 7.20. The zero-order chi connectivity index (χ0) is 29.0. The number of rotatable bonds is 10. The lowest BCUT2D eigenvalue weighted by Gasteiger charge is -2.32. The number of anilines is 1. The topological polar surface area (TPSA) is 82.3 Å². The van der Waals surface area contributed by atoms with Crippen LogP contribution in [0.2, 0.25) is 0 Å². The van der Waals surface area contributed by atoms with Gasteiger partial charge in [0.15, 0.2) is 5.65 Å². The second-order valence-electron chi connectivity index (χ2n) is 11.9. The Hall–Kier alpha value is -2.76. The van der Waals surface area contributed by atoms with Crippen LogP contribution < -0.4 is 5.32 Å². The maximum absolute atomic E-state index is 12.5. The first kappa shape index (κ1) is 29.7. The third-order valence-electron chi connectivity index (χ3n) is 8.41. The summed E-state index contributed by atoms with van der Waals surface area (Å²) in [5.74, 6) is 0.451. The molecule has 1 saturated carbocycles. The van der Waals surface area contributed by atoms with E-state index >= 15 is 0 Å². The number of hydrogen-bond donors (Lipinski definition) is 2. The van der Waals surface area contributed by atoms with E-state index in [0.29, 0.717) is 18.8 Å². The second-order valence-corrected chi connectivity index (χ2v) is 11.9. The van der Waals surface area contributed by atoms with Gasteiger partial charge in [-0.1, -0.05) is 30.7 Å². The van der Waals surface area contributed by atoms with Crippen LogP contribution in [-0.4, -0.2) is 86.2 Å². The molecule has 1 aliphatic carbocycles. The highest BCUT2D eigenvalue weighted by molar-refractivity contribution is 5.91. The van der Waals surface area contributed by atoms with Crippen molar-refractivity contribution in [3.63, 3.8) is 0 Å². The van der Waals surface area contributed by atoms with E-state index < -0.39 is 12.6 Å². The van der Waals surface area contributed by atoms with Crippen LogP contribution in [0.25, 0.3) is 22.3 Å². The molecule has 0 bridgehead atoms. The first-order chi connectivity index (χ1) is 19.6. The first-order valence-corrected chi connectivity index (χ1v) is 14.9. The number of halogens is 3. The van der Waals surface area contributed by atoms with Crippen molar-refractivity contribution in [2.45, 2.75) is 89.2 Å². The number of likely N-dealkylation sites (N-methyl/N-ethyl adjacent to an activating group) is 1. The number of piperazine rings is 1.